The van der Waals surface area contributed by atoms with Crippen LogP contribution in [0.4, 0.5) is 5.13 Å². The lowest BCUT2D eigenvalue weighted by Gasteiger charge is -2.15. The first kappa shape index (κ1) is 17.5. The van der Waals surface area contributed by atoms with E-state index >= 15 is 0 Å². The topological polar surface area (TPSA) is 92.3 Å². The van der Waals surface area contributed by atoms with Crippen molar-refractivity contribution in [2.75, 3.05) is 18.4 Å². The third kappa shape index (κ3) is 3.92. The summed E-state index contributed by atoms with van der Waals surface area (Å²) >= 11 is 0.842. The molecule has 0 bridgehead atoms. The Labute approximate surface area is 139 Å². The molecule has 0 atom stereocenters. The molecule has 124 valence electrons. The second-order valence-corrected chi connectivity index (χ2v) is 7.88. The predicted molar refractivity (Wildman–Crippen MR) is 89.1 cm³/mol. The van der Waals surface area contributed by atoms with Gasteiger partial charge < -0.3 is 0 Å². The molecule has 0 fully saturated rings. The zero-order valence-corrected chi connectivity index (χ0v) is 14.7. The van der Waals surface area contributed by atoms with E-state index in [1.165, 1.54) is 4.31 Å². The van der Waals surface area contributed by atoms with E-state index in [0.717, 1.165) is 16.9 Å². The molecule has 9 heteroatoms. The van der Waals surface area contributed by atoms with Crippen LogP contribution in [0.5, 0.6) is 0 Å². The lowest BCUT2D eigenvalue weighted by molar-refractivity contribution is 0.102. The van der Waals surface area contributed by atoms with Crippen molar-refractivity contribution in [3.63, 3.8) is 0 Å². The van der Waals surface area contributed by atoms with Crippen LogP contribution in [-0.2, 0) is 10.0 Å². The van der Waals surface area contributed by atoms with Gasteiger partial charge in [0.15, 0.2) is 0 Å². The molecule has 1 aromatic heterocycles. The van der Waals surface area contributed by atoms with Crippen molar-refractivity contribution in [3.8, 4) is 0 Å². The number of hydrogen-bond acceptors (Lipinski definition) is 6. The smallest absolute Gasteiger partial charge is 0.272 e. The number of nitrogens with one attached hydrogen (secondary N) is 1. The zero-order valence-electron chi connectivity index (χ0n) is 13.1. The highest BCUT2D eigenvalue weighted by Crippen LogP contribution is 2.23. The van der Waals surface area contributed by atoms with Crippen LogP contribution < -0.4 is 5.32 Å². The second kappa shape index (κ2) is 7.16. The first-order chi connectivity index (χ1) is 10.9. The zero-order chi connectivity index (χ0) is 17.0. The molecule has 7 nitrogen and oxygen atoms in total. The Morgan fingerprint density at radius 2 is 1.96 bits per heavy atom. The molecular weight excluding hydrogens is 336 g/mol. The fraction of sp³-hybridized carbons (Fsp3) is 0.357. The number of hydrogen-bond donors (Lipinski definition) is 1. The lowest BCUT2D eigenvalue weighted by Crippen LogP contribution is -2.30. The molecule has 0 aliphatic rings. The Hall–Kier alpha value is -1.84. The van der Waals surface area contributed by atoms with Gasteiger partial charge in [0.25, 0.3) is 15.9 Å². The highest BCUT2D eigenvalue weighted by molar-refractivity contribution is 7.91. The molecule has 0 saturated heterocycles. The first-order valence-electron chi connectivity index (χ1n) is 7.10. The summed E-state index contributed by atoms with van der Waals surface area (Å²) < 4.78 is 25.8. The van der Waals surface area contributed by atoms with E-state index in [9.17, 15) is 13.2 Å². The number of anilines is 1. The highest BCUT2D eigenvalue weighted by Gasteiger charge is 2.26. The van der Waals surface area contributed by atoms with Crippen molar-refractivity contribution < 1.29 is 13.2 Å². The second-order valence-electron chi connectivity index (χ2n) is 4.79. The summed E-state index contributed by atoms with van der Waals surface area (Å²) in [5.41, 5.74) is 1.44. The molecule has 23 heavy (non-hydrogen) atoms. The van der Waals surface area contributed by atoms with Crippen LogP contribution in [0.3, 0.4) is 0 Å². The van der Waals surface area contributed by atoms with Gasteiger partial charge in [-0.3, -0.25) is 10.1 Å². The van der Waals surface area contributed by atoms with E-state index in [2.05, 4.69) is 15.5 Å². The summed E-state index contributed by atoms with van der Waals surface area (Å²) in [6, 6.07) is 7.08. The van der Waals surface area contributed by atoms with E-state index in [4.69, 9.17) is 0 Å². The van der Waals surface area contributed by atoms with Gasteiger partial charge in [-0.1, -0.05) is 42.9 Å². The molecule has 1 N–H and O–H groups in total. The van der Waals surface area contributed by atoms with Gasteiger partial charge in [-0.2, -0.15) is 4.31 Å². The number of carbonyl (C=O) groups is 1. The van der Waals surface area contributed by atoms with Crippen LogP contribution in [0.25, 0.3) is 0 Å². The van der Waals surface area contributed by atoms with Crippen molar-refractivity contribution in [2.45, 2.75) is 25.1 Å². The van der Waals surface area contributed by atoms with E-state index in [1.807, 2.05) is 13.0 Å². The molecule has 0 aliphatic heterocycles. The summed E-state index contributed by atoms with van der Waals surface area (Å²) in [5, 5.41) is 10.2. The fourth-order valence-corrected chi connectivity index (χ4v) is 4.49. The molecule has 2 aromatic rings. The molecular formula is C14H18N4O3S2. The average Bonchev–Trinajstić information content (AvgIpc) is 2.97. The Balaban J connectivity index is 2.18. The molecule has 0 spiro atoms. The van der Waals surface area contributed by atoms with Crippen LogP contribution >= 0.6 is 11.3 Å². The monoisotopic (exact) mass is 354 g/mol. The number of aromatic nitrogens is 2. The van der Waals surface area contributed by atoms with Gasteiger partial charge in [0, 0.05) is 18.7 Å². The number of nitrogens with zero attached hydrogens (tertiary/aromatic N) is 3. The van der Waals surface area contributed by atoms with Gasteiger partial charge in [-0.15, -0.1) is 10.2 Å². The van der Waals surface area contributed by atoms with Gasteiger partial charge >= 0.3 is 0 Å². The number of sulfonamides is 1. The summed E-state index contributed by atoms with van der Waals surface area (Å²) in [5.74, 6) is -0.350. The van der Waals surface area contributed by atoms with Crippen molar-refractivity contribution >= 4 is 32.4 Å². The first-order valence-corrected chi connectivity index (χ1v) is 9.35. The third-order valence-electron chi connectivity index (χ3n) is 3.17. The van der Waals surface area contributed by atoms with Gasteiger partial charge in [-0.05, 0) is 19.1 Å². The minimum absolute atomic E-state index is 0.124. The molecule has 0 radical (unpaired) electrons. The summed E-state index contributed by atoms with van der Waals surface area (Å²) in [4.78, 5) is 12.1. The van der Waals surface area contributed by atoms with Crippen LogP contribution in [0.15, 0.2) is 28.6 Å². The molecule has 0 unspecified atom stereocenters. The fourth-order valence-electron chi connectivity index (χ4n) is 1.99. The number of carbonyl (C=O) groups excluding carboxylic acids is 1. The minimum Gasteiger partial charge on any atom is -0.296 e. The molecule has 1 aromatic carbocycles. The van der Waals surface area contributed by atoms with Gasteiger partial charge in [0.2, 0.25) is 9.47 Å². The van der Waals surface area contributed by atoms with E-state index in [0.29, 0.717) is 18.7 Å². The Bertz CT molecular complexity index is 798. The van der Waals surface area contributed by atoms with E-state index < -0.39 is 10.0 Å². The Morgan fingerprint density at radius 1 is 1.26 bits per heavy atom. The van der Waals surface area contributed by atoms with Crippen molar-refractivity contribution in [2.24, 2.45) is 0 Å². The van der Waals surface area contributed by atoms with Gasteiger partial charge in [0.1, 0.15) is 0 Å². The molecule has 0 aliphatic carbocycles. The molecule has 1 amide bonds. The molecule has 1 heterocycles. The van der Waals surface area contributed by atoms with Crippen molar-refractivity contribution in [3.05, 3.63) is 35.4 Å². The quantitative estimate of drug-likeness (QED) is 0.802. The maximum Gasteiger partial charge on any atom is 0.272 e. The van der Waals surface area contributed by atoms with Crippen LogP contribution in [0.2, 0.25) is 0 Å². The summed E-state index contributed by atoms with van der Waals surface area (Å²) in [7, 11) is -3.66. The SMILES string of the molecule is CCN(CC)S(=O)(=O)c1nnc(NC(=O)c2cccc(C)c2)s1. The maximum absolute atomic E-state index is 12.3. The lowest BCUT2D eigenvalue weighted by atomic mass is 10.1. The molecule has 0 saturated carbocycles. The highest BCUT2D eigenvalue weighted by atomic mass is 32.2. The van der Waals surface area contributed by atoms with Crippen molar-refractivity contribution in [1.29, 1.82) is 0 Å². The third-order valence-corrected chi connectivity index (χ3v) is 6.41. The van der Waals surface area contributed by atoms with Crippen LogP contribution in [0, 0.1) is 6.92 Å². The number of benzene rings is 1. The normalized spacial score (nSPS) is 11.7. The predicted octanol–water partition coefficient (Wildman–Crippen LogP) is 2.13. The van der Waals surface area contributed by atoms with Crippen LogP contribution in [-0.4, -0.2) is 41.9 Å². The van der Waals surface area contributed by atoms with Crippen LogP contribution in [0.1, 0.15) is 29.8 Å². The largest absolute Gasteiger partial charge is 0.296 e. The van der Waals surface area contributed by atoms with E-state index in [-0.39, 0.29) is 15.4 Å². The maximum atomic E-state index is 12.3. The Kier molecular flexibility index (Phi) is 5.45. The Morgan fingerprint density at radius 3 is 2.57 bits per heavy atom. The minimum atomic E-state index is -3.66. The number of aryl methyl sites for hydroxylation is 1. The number of amides is 1. The standard InChI is InChI=1S/C14H18N4O3S2/c1-4-18(5-2)23(20,21)14-17-16-13(22-14)15-12(19)11-8-6-7-10(3)9-11/h6-9H,4-5H2,1-3H3,(H,15,16,19). The molecule has 2 rings (SSSR count). The van der Waals surface area contributed by atoms with Gasteiger partial charge in [0.05, 0.1) is 0 Å². The van der Waals surface area contributed by atoms with Gasteiger partial charge in [-0.25, -0.2) is 8.42 Å². The number of rotatable bonds is 6. The van der Waals surface area contributed by atoms with Crippen molar-refractivity contribution in [1.82, 2.24) is 14.5 Å². The average molecular weight is 354 g/mol. The summed E-state index contributed by atoms with van der Waals surface area (Å²) in [6.07, 6.45) is 0. The van der Waals surface area contributed by atoms with E-state index in [1.54, 1.807) is 32.0 Å². The summed E-state index contributed by atoms with van der Waals surface area (Å²) in [6.45, 7) is 6.09.